The van der Waals surface area contributed by atoms with E-state index in [1.807, 2.05) is 14.1 Å². The fourth-order valence-corrected chi connectivity index (χ4v) is 1.86. The van der Waals surface area contributed by atoms with E-state index in [1.54, 1.807) is 12.1 Å². The van der Waals surface area contributed by atoms with Crippen LogP contribution < -0.4 is 11.1 Å². The Morgan fingerprint density at radius 3 is 2.40 bits per heavy atom. The van der Waals surface area contributed by atoms with E-state index in [2.05, 4.69) is 29.0 Å². The molecule has 1 amide bonds. The van der Waals surface area contributed by atoms with Crippen LogP contribution in [0.5, 0.6) is 0 Å². The maximum Gasteiger partial charge on any atom is 0.269 e. The molecule has 0 bridgehead atoms. The third kappa shape index (κ3) is 7.53. The van der Waals surface area contributed by atoms with Gasteiger partial charge in [0.05, 0.1) is 11.9 Å². The molecule has 1 aromatic heterocycles. The molecule has 1 rings (SSSR count). The Morgan fingerprint density at radius 2 is 1.95 bits per heavy atom. The number of nitrogens with two attached hydrogens (primary N) is 1. The lowest BCUT2D eigenvalue weighted by atomic mass is 9.93. The molecule has 1 heterocycles. The molecule has 0 atom stereocenters. The number of nitrogen functional groups attached to an aromatic ring is 1. The second-order valence-corrected chi connectivity index (χ2v) is 5.56. The van der Waals surface area contributed by atoms with Gasteiger partial charge in [-0.2, -0.15) is 0 Å². The quantitative estimate of drug-likeness (QED) is 0.867. The van der Waals surface area contributed by atoms with Gasteiger partial charge in [0.25, 0.3) is 5.91 Å². The molecule has 0 saturated heterocycles. The van der Waals surface area contributed by atoms with Crippen LogP contribution in [0.4, 0.5) is 5.69 Å². The summed E-state index contributed by atoms with van der Waals surface area (Å²) in [5.74, 6) is -0.165. The molecule has 0 aliphatic rings. The Morgan fingerprint density at radius 1 is 1.35 bits per heavy atom. The van der Waals surface area contributed by atoms with Crippen molar-refractivity contribution in [2.75, 3.05) is 32.9 Å². The zero-order chi connectivity index (χ0) is 13.8. The number of carbonyl (C=O) groups excluding carboxylic acids is 1. The van der Waals surface area contributed by atoms with Crippen molar-refractivity contribution < 1.29 is 4.79 Å². The van der Waals surface area contributed by atoms with Gasteiger partial charge in [0.2, 0.25) is 0 Å². The van der Waals surface area contributed by atoms with E-state index in [9.17, 15) is 4.79 Å². The third-order valence-electron chi connectivity index (χ3n) is 2.49. The summed E-state index contributed by atoms with van der Waals surface area (Å²) in [5, 5.41) is 2.90. The predicted molar refractivity (Wildman–Crippen MR) is 87.8 cm³/mol. The molecule has 0 aliphatic carbocycles. The summed E-state index contributed by atoms with van der Waals surface area (Å²) in [7, 11) is 4.04. The van der Waals surface area contributed by atoms with Crippen LogP contribution in [0.3, 0.4) is 0 Å². The summed E-state index contributed by atoms with van der Waals surface area (Å²) in [6.07, 6.45) is 1.49. The minimum Gasteiger partial charge on any atom is -0.397 e. The molecule has 5 nitrogen and oxygen atoms in total. The largest absolute Gasteiger partial charge is 0.397 e. The van der Waals surface area contributed by atoms with Crippen molar-refractivity contribution in [2.45, 2.75) is 13.8 Å². The molecule has 20 heavy (non-hydrogen) atoms. The van der Waals surface area contributed by atoms with Crippen molar-refractivity contribution in [1.82, 2.24) is 15.2 Å². The van der Waals surface area contributed by atoms with Crippen molar-refractivity contribution in [3.05, 3.63) is 24.0 Å². The van der Waals surface area contributed by atoms with E-state index in [0.717, 1.165) is 6.54 Å². The third-order valence-corrected chi connectivity index (χ3v) is 2.49. The first kappa shape index (κ1) is 21.3. The zero-order valence-corrected chi connectivity index (χ0v) is 14.0. The molecule has 1 aromatic rings. The summed E-state index contributed by atoms with van der Waals surface area (Å²) < 4.78 is 0. The van der Waals surface area contributed by atoms with Crippen molar-refractivity contribution in [3.63, 3.8) is 0 Å². The van der Waals surface area contributed by atoms with Gasteiger partial charge >= 0.3 is 0 Å². The summed E-state index contributed by atoms with van der Waals surface area (Å²) >= 11 is 0. The van der Waals surface area contributed by atoms with Crippen molar-refractivity contribution in [1.29, 1.82) is 0 Å². The van der Waals surface area contributed by atoms with E-state index in [4.69, 9.17) is 5.73 Å². The maximum absolute atomic E-state index is 11.9. The molecule has 0 aromatic carbocycles. The minimum atomic E-state index is -0.165. The van der Waals surface area contributed by atoms with E-state index >= 15 is 0 Å². The first-order chi connectivity index (χ1) is 8.30. The van der Waals surface area contributed by atoms with E-state index < -0.39 is 0 Å². The molecule has 0 fully saturated rings. The number of hydrogen-bond acceptors (Lipinski definition) is 4. The molecular formula is C13H24Cl2N4O. The van der Waals surface area contributed by atoms with Gasteiger partial charge in [-0.3, -0.25) is 4.79 Å². The van der Waals surface area contributed by atoms with Crippen LogP contribution in [-0.4, -0.2) is 43.0 Å². The minimum absolute atomic E-state index is 0. The van der Waals surface area contributed by atoms with Crippen LogP contribution in [0.25, 0.3) is 0 Å². The van der Waals surface area contributed by atoms with E-state index in [1.165, 1.54) is 6.20 Å². The number of carbonyl (C=O) groups is 1. The molecule has 0 saturated carbocycles. The summed E-state index contributed by atoms with van der Waals surface area (Å²) in [6.45, 7) is 5.74. The highest BCUT2D eigenvalue weighted by Gasteiger charge is 2.20. The molecule has 0 aliphatic heterocycles. The Hall–Kier alpha value is -1.04. The van der Waals surface area contributed by atoms with Gasteiger partial charge in [-0.1, -0.05) is 13.8 Å². The number of halogens is 2. The number of hydrogen-bond donors (Lipinski definition) is 2. The molecule has 0 unspecified atom stereocenters. The van der Waals surface area contributed by atoms with Gasteiger partial charge in [-0.05, 0) is 31.6 Å². The molecule has 0 radical (unpaired) electrons. The van der Waals surface area contributed by atoms with Gasteiger partial charge in [0, 0.05) is 13.1 Å². The smallest absolute Gasteiger partial charge is 0.269 e. The van der Waals surface area contributed by atoms with Crippen molar-refractivity contribution in [2.24, 2.45) is 5.41 Å². The number of amides is 1. The highest BCUT2D eigenvalue weighted by Crippen LogP contribution is 2.14. The molecule has 3 N–H and O–H groups in total. The van der Waals surface area contributed by atoms with E-state index in [0.29, 0.717) is 17.9 Å². The standard InChI is InChI=1S/C13H22N4O.2ClH/c1-13(2,9-17(3)4)8-16-12(18)11-6-5-10(14)7-15-11;;/h5-7H,8-9,14H2,1-4H3,(H,16,18);2*1H. The average molecular weight is 323 g/mol. The first-order valence-electron chi connectivity index (χ1n) is 5.95. The van der Waals surface area contributed by atoms with Crippen molar-refractivity contribution >= 4 is 36.4 Å². The highest BCUT2D eigenvalue weighted by atomic mass is 35.5. The van der Waals surface area contributed by atoms with Crippen LogP contribution in [0, 0.1) is 5.41 Å². The van der Waals surface area contributed by atoms with Gasteiger partial charge in [-0.25, -0.2) is 4.98 Å². The van der Waals surface area contributed by atoms with Gasteiger partial charge in [0.1, 0.15) is 5.69 Å². The normalized spacial score (nSPS) is 10.4. The van der Waals surface area contributed by atoms with E-state index in [-0.39, 0.29) is 36.1 Å². The fourth-order valence-electron chi connectivity index (χ4n) is 1.86. The lowest BCUT2D eigenvalue weighted by molar-refractivity contribution is 0.0924. The number of aromatic nitrogens is 1. The van der Waals surface area contributed by atoms with Crippen LogP contribution in [0.1, 0.15) is 24.3 Å². The molecule has 116 valence electrons. The second kappa shape index (κ2) is 9.00. The lowest BCUT2D eigenvalue weighted by Crippen LogP contribution is -2.40. The maximum atomic E-state index is 11.9. The van der Waals surface area contributed by atoms with Crippen LogP contribution >= 0.6 is 24.8 Å². The predicted octanol–water partition coefficient (Wildman–Crippen LogP) is 1.82. The molecular weight excluding hydrogens is 299 g/mol. The Balaban J connectivity index is 0. The van der Waals surface area contributed by atoms with Gasteiger partial charge in [-0.15, -0.1) is 24.8 Å². The number of anilines is 1. The highest BCUT2D eigenvalue weighted by molar-refractivity contribution is 5.92. The lowest BCUT2D eigenvalue weighted by Gasteiger charge is -2.28. The Labute approximate surface area is 133 Å². The fraction of sp³-hybridized carbons (Fsp3) is 0.538. The number of nitrogens with zero attached hydrogens (tertiary/aromatic N) is 2. The first-order valence-corrected chi connectivity index (χ1v) is 5.95. The van der Waals surface area contributed by atoms with Crippen molar-refractivity contribution in [3.8, 4) is 0 Å². The molecule has 7 heteroatoms. The topological polar surface area (TPSA) is 71.2 Å². The van der Waals surface area contributed by atoms with Crippen LogP contribution in [0.15, 0.2) is 18.3 Å². The Kier molecular flexibility index (Phi) is 9.57. The molecule has 0 spiro atoms. The zero-order valence-electron chi connectivity index (χ0n) is 12.3. The van der Waals surface area contributed by atoms with Crippen LogP contribution in [0.2, 0.25) is 0 Å². The summed E-state index contributed by atoms with van der Waals surface area (Å²) in [6, 6.07) is 3.30. The summed E-state index contributed by atoms with van der Waals surface area (Å²) in [4.78, 5) is 18.0. The number of pyridine rings is 1. The van der Waals surface area contributed by atoms with Gasteiger partial charge in [0.15, 0.2) is 0 Å². The second-order valence-electron chi connectivity index (χ2n) is 5.56. The number of rotatable bonds is 5. The SMILES string of the molecule is CN(C)CC(C)(C)CNC(=O)c1ccc(N)cn1.Cl.Cl. The van der Waals surface area contributed by atoms with Gasteiger partial charge < -0.3 is 16.0 Å². The average Bonchev–Trinajstić information content (AvgIpc) is 2.25. The monoisotopic (exact) mass is 322 g/mol. The Bertz CT molecular complexity index is 407. The number of nitrogens with one attached hydrogen (secondary N) is 1. The summed E-state index contributed by atoms with van der Waals surface area (Å²) in [5.41, 5.74) is 6.49. The van der Waals surface area contributed by atoms with Crippen LogP contribution in [-0.2, 0) is 0 Å².